The summed E-state index contributed by atoms with van der Waals surface area (Å²) in [5.41, 5.74) is 0. The molecule has 0 rings (SSSR count). The molecular weight excluding hydrogens is 1090 g/mol. The van der Waals surface area contributed by atoms with Crippen molar-refractivity contribution in [3.63, 3.8) is 0 Å². The maximum atomic E-state index is 12.6. The lowest BCUT2D eigenvalue weighted by Crippen LogP contribution is -2.45. The lowest BCUT2D eigenvalue weighted by Gasteiger charge is -2.22. The van der Waals surface area contributed by atoms with Gasteiger partial charge in [-0.2, -0.15) is 0 Å². The van der Waals surface area contributed by atoms with Gasteiger partial charge in [-0.25, -0.2) is 0 Å². The van der Waals surface area contributed by atoms with Gasteiger partial charge >= 0.3 is 5.97 Å². The fraction of sp³-hybridized carbons (Fsp3) is 0.976. The average molecular weight is 1260 g/mol. The van der Waals surface area contributed by atoms with E-state index in [1.54, 1.807) is 0 Å². The van der Waals surface area contributed by atoms with Gasteiger partial charge in [-0.15, -0.1) is 0 Å². The molecule has 0 aromatic carbocycles. The highest BCUT2D eigenvalue weighted by molar-refractivity contribution is 5.76. The van der Waals surface area contributed by atoms with Crippen LogP contribution in [0.25, 0.3) is 0 Å². The van der Waals surface area contributed by atoms with Crippen molar-refractivity contribution >= 4 is 11.9 Å². The molecule has 89 heavy (non-hydrogen) atoms. The van der Waals surface area contributed by atoms with Crippen LogP contribution in [-0.2, 0) is 14.3 Å². The molecule has 0 fully saturated rings. The third-order valence-electron chi connectivity index (χ3n) is 20.2. The minimum Gasteiger partial charge on any atom is -0.466 e. The molecule has 0 spiro atoms. The first-order valence-electron chi connectivity index (χ1n) is 41.8. The molecule has 0 aliphatic heterocycles. The van der Waals surface area contributed by atoms with Gasteiger partial charge in [0.25, 0.3) is 0 Å². The standard InChI is InChI=1S/C83H165NO5/c1-3-5-7-9-11-13-15-17-19-21-23-37-40-43-47-51-55-59-63-67-71-75-81(86)80(79-85)84-82(87)76-72-68-64-60-56-52-48-44-41-38-35-33-31-29-27-25-24-26-28-30-32-34-36-39-42-46-50-54-58-62-66-70-74-78-89-83(88)77-73-69-65-61-57-53-49-45-22-20-18-16-14-12-10-8-6-4-2/h80-81,85-86H,3-79H2,1-2H3,(H,84,87). The molecule has 0 bridgehead atoms. The molecule has 6 heteroatoms. The molecule has 3 N–H and O–H groups in total. The molecule has 1 amide bonds. The number of carbonyl (C=O) groups is 2. The highest BCUT2D eigenvalue weighted by atomic mass is 16.5. The van der Waals surface area contributed by atoms with Crippen LogP contribution in [-0.4, -0.2) is 47.4 Å². The summed E-state index contributed by atoms with van der Waals surface area (Å²) < 4.78 is 5.52. The van der Waals surface area contributed by atoms with E-state index >= 15 is 0 Å². The smallest absolute Gasteiger partial charge is 0.305 e. The monoisotopic (exact) mass is 1260 g/mol. The number of ether oxygens (including phenoxy) is 1. The molecule has 0 saturated heterocycles. The van der Waals surface area contributed by atoms with Gasteiger partial charge in [0.2, 0.25) is 5.91 Å². The Bertz CT molecular complexity index is 1310. The summed E-state index contributed by atoms with van der Waals surface area (Å²) in [6.07, 6.45) is 99.3. The van der Waals surface area contributed by atoms with Crippen LogP contribution in [0.1, 0.15) is 495 Å². The van der Waals surface area contributed by atoms with E-state index in [0.717, 1.165) is 38.5 Å². The first-order valence-corrected chi connectivity index (χ1v) is 41.8. The van der Waals surface area contributed by atoms with Crippen molar-refractivity contribution < 1.29 is 24.5 Å². The van der Waals surface area contributed by atoms with E-state index in [1.807, 2.05) is 0 Å². The minimum atomic E-state index is -0.661. The summed E-state index contributed by atoms with van der Waals surface area (Å²) in [7, 11) is 0. The van der Waals surface area contributed by atoms with Crippen molar-refractivity contribution in [2.24, 2.45) is 0 Å². The Balaban J connectivity index is 3.30. The molecule has 0 radical (unpaired) electrons. The van der Waals surface area contributed by atoms with Crippen molar-refractivity contribution in [3.05, 3.63) is 0 Å². The molecule has 6 nitrogen and oxygen atoms in total. The second-order valence-corrected chi connectivity index (χ2v) is 29.2. The van der Waals surface area contributed by atoms with Gasteiger partial charge in [0.1, 0.15) is 0 Å². The molecule has 532 valence electrons. The zero-order valence-corrected chi connectivity index (χ0v) is 61.2. The van der Waals surface area contributed by atoms with Gasteiger partial charge in [0.15, 0.2) is 0 Å². The zero-order chi connectivity index (χ0) is 64.2. The van der Waals surface area contributed by atoms with Crippen LogP contribution in [0.2, 0.25) is 0 Å². The largest absolute Gasteiger partial charge is 0.466 e. The van der Waals surface area contributed by atoms with Crippen LogP contribution < -0.4 is 5.32 Å². The van der Waals surface area contributed by atoms with Gasteiger partial charge in [-0.05, 0) is 25.7 Å². The van der Waals surface area contributed by atoms with Gasteiger partial charge in [-0.3, -0.25) is 9.59 Å². The Morgan fingerprint density at radius 2 is 0.461 bits per heavy atom. The number of hydrogen-bond acceptors (Lipinski definition) is 5. The number of unbranched alkanes of at least 4 members (excludes halogenated alkanes) is 69. The summed E-state index contributed by atoms with van der Waals surface area (Å²) in [6, 6.07) is -0.538. The number of aliphatic hydroxyl groups is 2. The quantitative estimate of drug-likeness (QED) is 0.0417. The lowest BCUT2D eigenvalue weighted by molar-refractivity contribution is -0.143. The highest BCUT2D eigenvalue weighted by Crippen LogP contribution is 2.21. The van der Waals surface area contributed by atoms with Crippen LogP contribution in [0.4, 0.5) is 0 Å². The van der Waals surface area contributed by atoms with Crippen molar-refractivity contribution in [3.8, 4) is 0 Å². The topological polar surface area (TPSA) is 95.9 Å². The average Bonchev–Trinajstić information content (AvgIpc) is 3.67. The van der Waals surface area contributed by atoms with Gasteiger partial charge in [0, 0.05) is 12.8 Å². The maximum Gasteiger partial charge on any atom is 0.305 e. The first kappa shape index (κ1) is 87.9. The fourth-order valence-electron chi connectivity index (χ4n) is 13.8. The number of hydrogen-bond donors (Lipinski definition) is 3. The Kier molecular flexibility index (Phi) is 78.3. The van der Waals surface area contributed by atoms with Crippen LogP contribution in [0.3, 0.4) is 0 Å². The predicted molar refractivity (Wildman–Crippen MR) is 394 cm³/mol. The summed E-state index contributed by atoms with van der Waals surface area (Å²) in [5.74, 6) is 0.00400. The van der Waals surface area contributed by atoms with Crippen molar-refractivity contribution in [2.45, 2.75) is 508 Å². The SMILES string of the molecule is CCCCCCCCCCCCCCCCCCCCCCCC(O)C(CO)NC(=O)CCCCCCCCCCCCCCCCCCCCCCCCCCCCCCCCCCCOC(=O)CCCCCCCCCCCCCCCCCCCC. The lowest BCUT2D eigenvalue weighted by atomic mass is 10.0. The third-order valence-corrected chi connectivity index (χ3v) is 20.2. The van der Waals surface area contributed by atoms with Crippen LogP contribution in [0.5, 0.6) is 0 Å². The number of nitrogens with one attached hydrogen (secondary N) is 1. The predicted octanol–water partition coefficient (Wildman–Crippen LogP) is 27.7. The van der Waals surface area contributed by atoms with E-state index in [1.165, 1.54) is 424 Å². The molecule has 0 aromatic rings. The van der Waals surface area contributed by atoms with Crippen LogP contribution >= 0.6 is 0 Å². The number of carbonyl (C=O) groups excluding carboxylic acids is 2. The minimum absolute atomic E-state index is 0.0238. The molecule has 0 aromatic heterocycles. The Labute approximate surface area is 559 Å². The fourth-order valence-corrected chi connectivity index (χ4v) is 13.8. The van der Waals surface area contributed by atoms with E-state index in [9.17, 15) is 19.8 Å². The molecule has 2 atom stereocenters. The number of rotatable bonds is 80. The Hall–Kier alpha value is -1.14. The number of esters is 1. The second-order valence-electron chi connectivity index (χ2n) is 29.2. The van der Waals surface area contributed by atoms with Gasteiger partial charge in [0.05, 0.1) is 25.4 Å². The van der Waals surface area contributed by atoms with E-state index < -0.39 is 12.1 Å². The van der Waals surface area contributed by atoms with Gasteiger partial charge < -0.3 is 20.3 Å². The Morgan fingerprint density at radius 3 is 0.685 bits per heavy atom. The molecule has 0 aliphatic rings. The highest BCUT2D eigenvalue weighted by Gasteiger charge is 2.20. The normalized spacial score (nSPS) is 12.4. The molecule has 0 heterocycles. The Morgan fingerprint density at radius 1 is 0.270 bits per heavy atom. The summed E-state index contributed by atoms with van der Waals surface area (Å²) in [5, 5.41) is 23.5. The molecule has 2 unspecified atom stereocenters. The third kappa shape index (κ3) is 75.8. The zero-order valence-electron chi connectivity index (χ0n) is 61.2. The summed E-state index contributed by atoms with van der Waals surface area (Å²) in [6.45, 7) is 5.03. The van der Waals surface area contributed by atoms with Gasteiger partial charge in [-0.1, -0.05) is 457 Å². The van der Waals surface area contributed by atoms with E-state index in [4.69, 9.17) is 4.74 Å². The van der Waals surface area contributed by atoms with Crippen molar-refractivity contribution in [1.82, 2.24) is 5.32 Å². The maximum absolute atomic E-state index is 12.6. The van der Waals surface area contributed by atoms with Crippen LogP contribution in [0, 0.1) is 0 Å². The van der Waals surface area contributed by atoms with E-state index in [-0.39, 0.29) is 18.5 Å². The summed E-state index contributed by atoms with van der Waals surface area (Å²) in [4.78, 5) is 24.7. The molecule has 0 aliphatic carbocycles. The summed E-state index contributed by atoms with van der Waals surface area (Å²) >= 11 is 0. The van der Waals surface area contributed by atoms with Crippen molar-refractivity contribution in [1.29, 1.82) is 0 Å². The van der Waals surface area contributed by atoms with Crippen molar-refractivity contribution in [2.75, 3.05) is 13.2 Å². The van der Waals surface area contributed by atoms with Crippen LogP contribution in [0.15, 0.2) is 0 Å². The number of aliphatic hydroxyl groups excluding tert-OH is 2. The van der Waals surface area contributed by atoms with E-state index in [0.29, 0.717) is 25.9 Å². The first-order chi connectivity index (χ1) is 44.0. The van der Waals surface area contributed by atoms with E-state index in [2.05, 4.69) is 19.2 Å². The number of amides is 1. The molecular formula is C83H165NO5. The second kappa shape index (κ2) is 79.3. The molecule has 0 saturated carbocycles.